The predicted molar refractivity (Wildman–Crippen MR) is 36.9 cm³/mol. The first-order valence-electron chi connectivity index (χ1n) is 3.24. The minimum absolute atomic E-state index is 0.268. The maximum atomic E-state index is 8.69. The highest BCUT2D eigenvalue weighted by Gasteiger charge is 2.15. The molecule has 0 saturated carbocycles. The summed E-state index contributed by atoms with van der Waals surface area (Å²) >= 11 is 0. The van der Waals surface area contributed by atoms with Crippen molar-refractivity contribution in [3.8, 4) is 0 Å². The van der Waals surface area contributed by atoms with Gasteiger partial charge in [-0.1, -0.05) is 0 Å². The molecule has 0 bridgehead atoms. The highest BCUT2D eigenvalue weighted by atomic mass is 17.0. The average Bonchev–Trinajstić information content (AvgIpc) is 2.37. The lowest BCUT2D eigenvalue weighted by molar-refractivity contribution is -0.332. The SMILES string of the molecule is COCCN=C1CN(O)ON1. The van der Waals surface area contributed by atoms with Crippen molar-refractivity contribution in [2.24, 2.45) is 4.99 Å². The summed E-state index contributed by atoms with van der Waals surface area (Å²) in [6.45, 7) is 1.40. The van der Waals surface area contributed by atoms with Gasteiger partial charge in [0, 0.05) is 7.11 Å². The van der Waals surface area contributed by atoms with E-state index in [0.717, 1.165) is 0 Å². The molecule has 0 amide bonds. The van der Waals surface area contributed by atoms with Crippen LogP contribution in [0.1, 0.15) is 0 Å². The number of amidine groups is 1. The molecule has 64 valence electrons. The van der Waals surface area contributed by atoms with Gasteiger partial charge in [0.15, 0.2) is 0 Å². The molecule has 6 nitrogen and oxygen atoms in total. The van der Waals surface area contributed by atoms with Crippen LogP contribution in [0.3, 0.4) is 0 Å². The third kappa shape index (κ3) is 2.81. The standard InChI is InChI=1S/C5H11N3O3/c1-10-3-2-6-5-4-8(9)11-7-5/h9H,2-4H2,1H3,(H,6,7). The molecular formula is C5H11N3O3. The van der Waals surface area contributed by atoms with Crippen LogP contribution in [0.5, 0.6) is 0 Å². The first-order valence-corrected chi connectivity index (χ1v) is 3.24. The Labute approximate surface area is 64.3 Å². The van der Waals surface area contributed by atoms with E-state index in [4.69, 9.17) is 9.94 Å². The minimum Gasteiger partial charge on any atom is -0.383 e. The van der Waals surface area contributed by atoms with Gasteiger partial charge in [0.2, 0.25) is 0 Å². The van der Waals surface area contributed by atoms with E-state index >= 15 is 0 Å². The highest BCUT2D eigenvalue weighted by molar-refractivity contribution is 5.83. The highest BCUT2D eigenvalue weighted by Crippen LogP contribution is 1.92. The van der Waals surface area contributed by atoms with E-state index in [9.17, 15) is 0 Å². The number of hydrogen-bond acceptors (Lipinski definition) is 5. The summed E-state index contributed by atoms with van der Waals surface area (Å²) in [6.07, 6.45) is 0. The number of hydrogen-bond donors (Lipinski definition) is 2. The van der Waals surface area contributed by atoms with Gasteiger partial charge < -0.3 is 4.74 Å². The van der Waals surface area contributed by atoms with Crippen molar-refractivity contribution in [2.75, 3.05) is 26.8 Å². The van der Waals surface area contributed by atoms with Gasteiger partial charge in [-0.05, 0) is 5.23 Å². The lowest BCUT2D eigenvalue weighted by Gasteiger charge is -1.95. The normalized spacial score (nSPS) is 22.5. The fourth-order valence-electron chi connectivity index (χ4n) is 0.652. The monoisotopic (exact) mass is 161 g/mol. The Bertz CT molecular complexity index is 150. The van der Waals surface area contributed by atoms with Crippen LogP contribution in [0.25, 0.3) is 0 Å². The van der Waals surface area contributed by atoms with Crippen molar-refractivity contribution >= 4 is 5.84 Å². The van der Waals surface area contributed by atoms with E-state index in [0.29, 0.717) is 24.2 Å². The van der Waals surface area contributed by atoms with Gasteiger partial charge in [-0.15, -0.1) is 0 Å². The molecule has 11 heavy (non-hydrogen) atoms. The third-order valence-corrected chi connectivity index (χ3v) is 1.15. The maximum absolute atomic E-state index is 8.69. The van der Waals surface area contributed by atoms with Crippen LogP contribution in [-0.2, 0) is 9.68 Å². The third-order valence-electron chi connectivity index (χ3n) is 1.15. The Morgan fingerprint density at radius 2 is 2.73 bits per heavy atom. The molecule has 0 atom stereocenters. The number of hydroxylamine groups is 3. The summed E-state index contributed by atoms with van der Waals surface area (Å²) in [6, 6.07) is 0. The lowest BCUT2D eigenvalue weighted by atomic mass is 10.6. The molecular weight excluding hydrogens is 150 g/mol. The van der Waals surface area contributed by atoms with Crippen LogP contribution in [-0.4, -0.2) is 43.1 Å². The molecule has 0 aromatic carbocycles. The van der Waals surface area contributed by atoms with Crippen LogP contribution >= 0.6 is 0 Å². The summed E-state index contributed by atoms with van der Waals surface area (Å²) < 4.78 is 4.78. The number of ether oxygens (including phenoxy) is 1. The minimum atomic E-state index is 0.268. The van der Waals surface area contributed by atoms with Gasteiger partial charge in [0.25, 0.3) is 0 Å². The molecule has 0 aromatic heterocycles. The number of methoxy groups -OCH3 is 1. The molecule has 6 heteroatoms. The maximum Gasteiger partial charge on any atom is 0.142 e. The summed E-state index contributed by atoms with van der Waals surface area (Å²) in [7, 11) is 1.61. The van der Waals surface area contributed by atoms with Gasteiger partial charge in [0.05, 0.1) is 13.2 Å². The van der Waals surface area contributed by atoms with Crippen molar-refractivity contribution in [1.29, 1.82) is 0 Å². The van der Waals surface area contributed by atoms with Crippen molar-refractivity contribution in [3.05, 3.63) is 0 Å². The molecule has 1 saturated heterocycles. The molecule has 0 unspecified atom stereocenters. The second-order valence-corrected chi connectivity index (χ2v) is 2.02. The predicted octanol–water partition coefficient (Wildman–Crippen LogP) is -0.828. The van der Waals surface area contributed by atoms with E-state index in [-0.39, 0.29) is 6.54 Å². The zero-order chi connectivity index (χ0) is 8.10. The van der Waals surface area contributed by atoms with Crippen LogP contribution in [0, 0.1) is 0 Å². The van der Waals surface area contributed by atoms with Gasteiger partial charge in [0.1, 0.15) is 12.4 Å². The zero-order valence-corrected chi connectivity index (χ0v) is 6.28. The lowest BCUT2D eigenvalue weighted by Crippen LogP contribution is -2.16. The second kappa shape index (κ2) is 4.24. The van der Waals surface area contributed by atoms with Gasteiger partial charge >= 0.3 is 0 Å². The molecule has 1 fully saturated rings. The van der Waals surface area contributed by atoms with Gasteiger partial charge in [-0.2, -0.15) is 4.94 Å². The van der Waals surface area contributed by atoms with E-state index in [1.807, 2.05) is 0 Å². The van der Waals surface area contributed by atoms with Crippen LogP contribution in [0.15, 0.2) is 4.99 Å². The van der Waals surface area contributed by atoms with Gasteiger partial charge in [-0.3, -0.25) is 10.2 Å². The summed E-state index contributed by atoms with van der Waals surface area (Å²) in [4.78, 5) is 8.48. The fraction of sp³-hybridized carbons (Fsp3) is 0.800. The number of rotatable bonds is 3. The van der Waals surface area contributed by atoms with Crippen molar-refractivity contribution in [1.82, 2.24) is 10.7 Å². The second-order valence-electron chi connectivity index (χ2n) is 2.02. The van der Waals surface area contributed by atoms with Crippen molar-refractivity contribution in [2.45, 2.75) is 0 Å². The van der Waals surface area contributed by atoms with E-state index in [1.54, 1.807) is 7.11 Å². The largest absolute Gasteiger partial charge is 0.383 e. The number of aliphatic imine (C=N–C) groups is 1. The smallest absolute Gasteiger partial charge is 0.142 e. The molecule has 0 radical (unpaired) electrons. The fourth-order valence-corrected chi connectivity index (χ4v) is 0.652. The molecule has 1 rings (SSSR count). The van der Waals surface area contributed by atoms with Crippen molar-refractivity contribution < 1.29 is 14.9 Å². The Morgan fingerprint density at radius 1 is 1.91 bits per heavy atom. The Balaban J connectivity index is 2.19. The molecule has 2 N–H and O–H groups in total. The molecule has 1 heterocycles. The van der Waals surface area contributed by atoms with E-state index < -0.39 is 0 Å². The van der Waals surface area contributed by atoms with Crippen LogP contribution in [0.2, 0.25) is 0 Å². The molecule has 1 aliphatic rings. The van der Waals surface area contributed by atoms with E-state index in [2.05, 4.69) is 15.4 Å². The molecule has 1 aliphatic heterocycles. The zero-order valence-electron chi connectivity index (χ0n) is 6.28. The summed E-state index contributed by atoms with van der Waals surface area (Å²) in [5, 5.41) is 9.36. The van der Waals surface area contributed by atoms with Gasteiger partial charge in [-0.25, -0.2) is 5.48 Å². The number of nitrogens with zero attached hydrogens (tertiary/aromatic N) is 2. The van der Waals surface area contributed by atoms with Crippen LogP contribution in [0.4, 0.5) is 0 Å². The first-order chi connectivity index (χ1) is 5.33. The Morgan fingerprint density at radius 3 is 3.27 bits per heavy atom. The molecule has 0 spiro atoms. The van der Waals surface area contributed by atoms with Crippen molar-refractivity contribution in [3.63, 3.8) is 0 Å². The van der Waals surface area contributed by atoms with Crippen LogP contribution < -0.4 is 5.48 Å². The molecule has 0 aromatic rings. The topological polar surface area (TPSA) is 66.3 Å². The molecule has 0 aliphatic carbocycles. The average molecular weight is 161 g/mol. The summed E-state index contributed by atoms with van der Waals surface area (Å²) in [5.74, 6) is 0.601. The Hall–Kier alpha value is -0.690. The summed E-state index contributed by atoms with van der Waals surface area (Å²) in [5.41, 5.74) is 2.44. The number of nitrogens with one attached hydrogen (secondary N) is 1. The Kier molecular flexibility index (Phi) is 3.24. The van der Waals surface area contributed by atoms with E-state index in [1.165, 1.54) is 0 Å². The first kappa shape index (κ1) is 8.41. The quantitative estimate of drug-likeness (QED) is 0.529.